The number of hydrogen-bond donors (Lipinski definition) is 2. The number of nitrogens with one attached hydrogen (secondary N) is 2. The van der Waals surface area contributed by atoms with Gasteiger partial charge in [0.25, 0.3) is 11.5 Å². The number of aryl methyl sites for hydroxylation is 1. The first-order valence-corrected chi connectivity index (χ1v) is 10.5. The Kier molecular flexibility index (Phi) is 6.34. The lowest BCUT2D eigenvalue weighted by molar-refractivity contribution is -0.119. The molecule has 33 heavy (non-hydrogen) atoms. The monoisotopic (exact) mass is 467 g/mol. The van der Waals surface area contributed by atoms with E-state index >= 15 is 0 Å². The number of halogens is 1. The molecule has 0 bridgehead atoms. The molecule has 1 aliphatic rings. The van der Waals surface area contributed by atoms with Gasteiger partial charge in [-0.05, 0) is 47.5 Å². The van der Waals surface area contributed by atoms with Gasteiger partial charge < -0.3 is 5.32 Å². The van der Waals surface area contributed by atoms with Crippen LogP contribution in [-0.4, -0.2) is 33.9 Å². The van der Waals surface area contributed by atoms with Gasteiger partial charge >= 0.3 is 5.69 Å². The highest BCUT2D eigenvalue weighted by molar-refractivity contribution is 6.30. The smallest absolute Gasteiger partial charge is 0.331 e. The van der Waals surface area contributed by atoms with Gasteiger partial charge in [0.05, 0.1) is 30.8 Å². The summed E-state index contributed by atoms with van der Waals surface area (Å²) < 4.78 is 2.55. The summed E-state index contributed by atoms with van der Waals surface area (Å²) in [5.41, 5.74) is 4.37. The van der Waals surface area contributed by atoms with Gasteiger partial charge in [-0.25, -0.2) is 4.79 Å². The van der Waals surface area contributed by atoms with Crippen molar-refractivity contribution in [3.05, 3.63) is 104 Å². The van der Waals surface area contributed by atoms with E-state index in [-0.39, 0.29) is 24.4 Å². The number of amides is 1. The molecule has 0 unspecified atom stereocenters. The SMILES string of the molecule is CON1C=CC(CNC(=O)c2ccc3c(c2)c(=O)n(Cc2ccc(Cl)cc2)c(=O)n3C)=CN1. The number of benzene rings is 2. The third kappa shape index (κ3) is 4.69. The lowest BCUT2D eigenvalue weighted by atomic mass is 10.1. The third-order valence-corrected chi connectivity index (χ3v) is 5.57. The van der Waals surface area contributed by atoms with Gasteiger partial charge in [0.1, 0.15) is 0 Å². The molecular formula is C23H22ClN5O4. The molecule has 0 saturated carbocycles. The predicted octanol–water partition coefficient (Wildman–Crippen LogP) is 1.91. The van der Waals surface area contributed by atoms with Crippen molar-refractivity contribution in [3.8, 4) is 0 Å². The maximum Gasteiger partial charge on any atom is 0.331 e. The van der Waals surface area contributed by atoms with Gasteiger partial charge in [-0.3, -0.25) is 29.0 Å². The standard InChI is InChI=1S/C23H22ClN5O4/c1-27-20-8-5-17(21(30)25-12-16-9-10-29(33-2)26-13-16)11-19(20)22(31)28(23(27)32)14-15-3-6-18(24)7-4-15/h3-11,13,26H,12,14H2,1-2H3,(H,25,30). The van der Waals surface area contributed by atoms with Crippen LogP contribution in [0.3, 0.4) is 0 Å². The van der Waals surface area contributed by atoms with E-state index in [0.717, 1.165) is 15.7 Å². The summed E-state index contributed by atoms with van der Waals surface area (Å²) in [4.78, 5) is 43.7. The number of rotatable bonds is 6. The van der Waals surface area contributed by atoms with Crippen LogP contribution in [0.15, 0.2) is 76.1 Å². The van der Waals surface area contributed by atoms with Crippen molar-refractivity contribution in [2.45, 2.75) is 6.54 Å². The highest BCUT2D eigenvalue weighted by Crippen LogP contribution is 2.13. The molecule has 3 aromatic rings. The largest absolute Gasteiger partial charge is 0.348 e. The molecule has 0 fully saturated rings. The second kappa shape index (κ2) is 9.35. The molecular weight excluding hydrogens is 446 g/mol. The molecule has 1 amide bonds. The highest BCUT2D eigenvalue weighted by Gasteiger charge is 2.15. The number of nitrogens with zero attached hydrogens (tertiary/aromatic N) is 3. The fourth-order valence-corrected chi connectivity index (χ4v) is 3.60. The normalized spacial score (nSPS) is 13.1. The maximum atomic E-state index is 13.2. The van der Waals surface area contributed by atoms with Gasteiger partial charge in [-0.2, -0.15) is 5.17 Å². The molecule has 1 aliphatic heterocycles. The van der Waals surface area contributed by atoms with E-state index in [1.54, 1.807) is 61.9 Å². The van der Waals surface area contributed by atoms with E-state index in [2.05, 4.69) is 10.7 Å². The van der Waals surface area contributed by atoms with Crippen LogP contribution in [0, 0.1) is 0 Å². The van der Waals surface area contributed by atoms with E-state index < -0.39 is 11.2 Å². The minimum atomic E-state index is -0.459. The number of carbonyl (C=O) groups is 1. The van der Waals surface area contributed by atoms with E-state index in [0.29, 0.717) is 16.1 Å². The van der Waals surface area contributed by atoms with Gasteiger partial charge in [0, 0.05) is 30.4 Å². The number of hydrogen-bond acceptors (Lipinski definition) is 6. The molecule has 1 aromatic heterocycles. The summed E-state index contributed by atoms with van der Waals surface area (Å²) in [7, 11) is 3.12. The second-order valence-corrected chi connectivity index (χ2v) is 7.88. The van der Waals surface area contributed by atoms with E-state index in [4.69, 9.17) is 16.4 Å². The Hall–Kier alpha value is -3.82. The first-order valence-electron chi connectivity index (χ1n) is 10.1. The Bertz CT molecular complexity index is 1390. The van der Waals surface area contributed by atoms with E-state index in [9.17, 15) is 14.4 Å². The Morgan fingerprint density at radius 2 is 1.91 bits per heavy atom. The van der Waals surface area contributed by atoms with Crippen molar-refractivity contribution < 1.29 is 9.63 Å². The molecule has 9 nitrogen and oxygen atoms in total. The summed E-state index contributed by atoms with van der Waals surface area (Å²) in [5.74, 6) is -0.335. The Morgan fingerprint density at radius 3 is 2.58 bits per heavy atom. The molecule has 0 spiro atoms. The summed E-state index contributed by atoms with van der Waals surface area (Å²) >= 11 is 5.93. The Labute approximate surface area is 194 Å². The van der Waals surface area contributed by atoms with Crippen LogP contribution in [0.4, 0.5) is 0 Å². The Morgan fingerprint density at radius 1 is 1.15 bits per heavy atom. The summed E-state index contributed by atoms with van der Waals surface area (Å²) in [6.45, 7) is 0.382. The number of hydrazine groups is 1. The zero-order valence-corrected chi connectivity index (χ0v) is 18.8. The second-order valence-electron chi connectivity index (χ2n) is 7.45. The molecule has 2 N–H and O–H groups in total. The maximum absolute atomic E-state index is 13.2. The molecule has 0 radical (unpaired) electrons. The van der Waals surface area contributed by atoms with Crippen molar-refractivity contribution in [3.63, 3.8) is 0 Å². The molecule has 10 heteroatoms. The summed E-state index contributed by atoms with van der Waals surface area (Å²) in [5, 5.41) is 5.09. The summed E-state index contributed by atoms with van der Waals surface area (Å²) in [6, 6.07) is 11.6. The van der Waals surface area contributed by atoms with Crippen molar-refractivity contribution in [2.24, 2.45) is 7.05 Å². The minimum absolute atomic E-state index is 0.0982. The number of carbonyl (C=O) groups excluding carboxylic acids is 1. The first-order chi connectivity index (χ1) is 15.9. The molecule has 0 aliphatic carbocycles. The van der Waals surface area contributed by atoms with Crippen LogP contribution in [0.2, 0.25) is 5.02 Å². The van der Waals surface area contributed by atoms with Crippen LogP contribution >= 0.6 is 11.6 Å². The zero-order valence-electron chi connectivity index (χ0n) is 18.0. The van der Waals surface area contributed by atoms with Gasteiger partial charge in [-0.15, -0.1) is 0 Å². The lowest BCUT2D eigenvalue weighted by Gasteiger charge is -2.21. The zero-order chi connectivity index (χ0) is 23.5. The van der Waals surface area contributed by atoms with Crippen LogP contribution in [0.25, 0.3) is 10.9 Å². The van der Waals surface area contributed by atoms with E-state index in [1.165, 1.54) is 22.9 Å². The van der Waals surface area contributed by atoms with Crippen molar-refractivity contribution in [2.75, 3.05) is 13.7 Å². The lowest BCUT2D eigenvalue weighted by Crippen LogP contribution is -2.39. The van der Waals surface area contributed by atoms with Crippen molar-refractivity contribution >= 4 is 28.4 Å². The van der Waals surface area contributed by atoms with Crippen LogP contribution < -0.4 is 22.0 Å². The number of aromatic nitrogens is 2. The van der Waals surface area contributed by atoms with Crippen LogP contribution in [0.1, 0.15) is 15.9 Å². The predicted molar refractivity (Wildman–Crippen MR) is 126 cm³/mol. The Balaban J connectivity index is 1.61. The highest BCUT2D eigenvalue weighted by atomic mass is 35.5. The van der Waals surface area contributed by atoms with Crippen molar-refractivity contribution in [1.82, 2.24) is 25.0 Å². The summed E-state index contributed by atoms with van der Waals surface area (Å²) in [6.07, 6.45) is 5.18. The van der Waals surface area contributed by atoms with Crippen LogP contribution in [0.5, 0.6) is 0 Å². The molecule has 4 rings (SSSR count). The first kappa shape index (κ1) is 22.4. The molecule has 2 heterocycles. The quantitative estimate of drug-likeness (QED) is 0.575. The molecule has 0 saturated heterocycles. The average molecular weight is 468 g/mol. The fraction of sp³-hybridized carbons (Fsp3) is 0.174. The van der Waals surface area contributed by atoms with Gasteiger partial charge in [-0.1, -0.05) is 23.7 Å². The fourth-order valence-electron chi connectivity index (χ4n) is 3.48. The van der Waals surface area contributed by atoms with Crippen molar-refractivity contribution in [1.29, 1.82) is 0 Å². The molecule has 0 atom stereocenters. The number of hydroxylamine groups is 1. The van der Waals surface area contributed by atoms with Gasteiger partial charge in [0.2, 0.25) is 0 Å². The van der Waals surface area contributed by atoms with E-state index in [1.807, 2.05) is 0 Å². The van der Waals surface area contributed by atoms with Crippen LogP contribution in [-0.2, 0) is 18.4 Å². The minimum Gasteiger partial charge on any atom is -0.348 e. The van der Waals surface area contributed by atoms with Gasteiger partial charge in [0.15, 0.2) is 0 Å². The third-order valence-electron chi connectivity index (χ3n) is 5.32. The average Bonchev–Trinajstić information content (AvgIpc) is 2.85. The topological polar surface area (TPSA) is 97.6 Å². The molecule has 2 aromatic carbocycles. The number of fused-ring (bicyclic) bond motifs is 1. The molecule has 170 valence electrons.